The second kappa shape index (κ2) is 4.39. The van der Waals surface area contributed by atoms with Gasteiger partial charge in [0.25, 0.3) is 0 Å². The second-order valence-corrected chi connectivity index (χ2v) is 4.12. The van der Waals surface area contributed by atoms with E-state index in [2.05, 4.69) is 6.07 Å². The highest BCUT2D eigenvalue weighted by molar-refractivity contribution is 5.69. The molecule has 0 N–H and O–H groups in total. The molecule has 2 rings (SSSR count). The van der Waals surface area contributed by atoms with E-state index in [4.69, 9.17) is 5.26 Å². The molecule has 0 bridgehead atoms. The van der Waals surface area contributed by atoms with Gasteiger partial charge in [-0.2, -0.15) is 5.26 Å². The van der Waals surface area contributed by atoms with Gasteiger partial charge in [-0.05, 0) is 48.7 Å². The first-order valence-electron chi connectivity index (χ1n) is 5.39. The molecule has 2 aromatic rings. The van der Waals surface area contributed by atoms with E-state index in [1.807, 2.05) is 19.9 Å². The lowest BCUT2D eigenvalue weighted by Gasteiger charge is -2.08. The first-order valence-corrected chi connectivity index (χ1v) is 5.39. The number of nitrogens with zero attached hydrogens (tertiary/aromatic N) is 1. The molecule has 0 aliphatic rings. The largest absolute Gasteiger partial charge is 0.206 e. The minimum absolute atomic E-state index is 0.224. The Labute approximate surface area is 100 Å². The number of halogens is 1. The van der Waals surface area contributed by atoms with Crippen LogP contribution in [0.15, 0.2) is 36.4 Å². The summed E-state index contributed by atoms with van der Waals surface area (Å²) in [4.78, 5) is 0. The summed E-state index contributed by atoms with van der Waals surface area (Å²) in [6, 6.07) is 12.5. The van der Waals surface area contributed by atoms with Crippen molar-refractivity contribution in [3.63, 3.8) is 0 Å². The van der Waals surface area contributed by atoms with E-state index in [1.165, 1.54) is 6.07 Å². The fourth-order valence-electron chi connectivity index (χ4n) is 1.87. The number of nitriles is 1. The Kier molecular flexibility index (Phi) is 2.93. The normalized spacial score (nSPS) is 10.0. The van der Waals surface area contributed by atoms with E-state index >= 15 is 0 Å². The third kappa shape index (κ3) is 2.19. The van der Waals surface area contributed by atoms with Crippen LogP contribution in [0.4, 0.5) is 4.39 Å². The number of hydrogen-bond acceptors (Lipinski definition) is 1. The van der Waals surface area contributed by atoms with Gasteiger partial charge < -0.3 is 0 Å². The fraction of sp³-hybridized carbons (Fsp3) is 0.133. The van der Waals surface area contributed by atoms with Crippen LogP contribution in [-0.2, 0) is 0 Å². The van der Waals surface area contributed by atoms with Crippen LogP contribution in [0.1, 0.15) is 16.7 Å². The van der Waals surface area contributed by atoms with Crippen molar-refractivity contribution in [3.8, 4) is 17.2 Å². The number of aryl methyl sites for hydroxylation is 2. The number of rotatable bonds is 1. The quantitative estimate of drug-likeness (QED) is 0.720. The van der Waals surface area contributed by atoms with Crippen LogP contribution in [0.2, 0.25) is 0 Å². The lowest BCUT2D eigenvalue weighted by Crippen LogP contribution is -1.89. The van der Waals surface area contributed by atoms with Crippen molar-refractivity contribution in [3.05, 3.63) is 58.9 Å². The van der Waals surface area contributed by atoms with Crippen LogP contribution >= 0.6 is 0 Å². The zero-order valence-corrected chi connectivity index (χ0v) is 9.79. The van der Waals surface area contributed by atoms with Gasteiger partial charge in [-0.25, -0.2) is 4.39 Å². The van der Waals surface area contributed by atoms with E-state index in [9.17, 15) is 4.39 Å². The van der Waals surface area contributed by atoms with Gasteiger partial charge in [0.05, 0.1) is 11.6 Å². The molecular weight excluding hydrogens is 213 g/mol. The van der Waals surface area contributed by atoms with Gasteiger partial charge >= 0.3 is 0 Å². The zero-order chi connectivity index (χ0) is 12.4. The molecule has 0 aliphatic carbocycles. The van der Waals surface area contributed by atoms with Crippen molar-refractivity contribution in [2.75, 3.05) is 0 Å². The van der Waals surface area contributed by atoms with Crippen LogP contribution in [-0.4, -0.2) is 0 Å². The first kappa shape index (κ1) is 11.3. The molecule has 0 heterocycles. The van der Waals surface area contributed by atoms with E-state index in [1.54, 1.807) is 24.3 Å². The van der Waals surface area contributed by atoms with Gasteiger partial charge in [0.1, 0.15) is 5.82 Å². The predicted octanol–water partition coefficient (Wildman–Crippen LogP) is 3.98. The maximum Gasteiger partial charge on any atom is 0.131 e. The number of benzene rings is 2. The minimum Gasteiger partial charge on any atom is -0.206 e. The molecule has 0 aromatic heterocycles. The summed E-state index contributed by atoms with van der Waals surface area (Å²) < 4.78 is 13.8. The van der Waals surface area contributed by atoms with Crippen molar-refractivity contribution in [2.45, 2.75) is 13.8 Å². The molecule has 0 saturated carbocycles. The molecule has 0 aliphatic heterocycles. The second-order valence-electron chi connectivity index (χ2n) is 4.12. The third-order valence-electron chi connectivity index (χ3n) is 2.77. The van der Waals surface area contributed by atoms with Gasteiger partial charge in [-0.15, -0.1) is 0 Å². The van der Waals surface area contributed by atoms with Crippen molar-refractivity contribution >= 4 is 0 Å². The topological polar surface area (TPSA) is 23.8 Å². The Morgan fingerprint density at radius 2 is 1.71 bits per heavy atom. The minimum atomic E-state index is -0.224. The highest BCUT2D eigenvalue weighted by Crippen LogP contribution is 2.27. The molecular formula is C15H12FN. The Bertz CT molecular complexity index is 609. The lowest BCUT2D eigenvalue weighted by atomic mass is 9.97. The SMILES string of the molecule is Cc1ccc(-c2ccc(C#N)cc2C)c(F)c1. The summed E-state index contributed by atoms with van der Waals surface area (Å²) in [5, 5.41) is 8.79. The van der Waals surface area contributed by atoms with Crippen LogP contribution in [0.3, 0.4) is 0 Å². The highest BCUT2D eigenvalue weighted by Gasteiger charge is 2.08. The summed E-state index contributed by atoms with van der Waals surface area (Å²) in [6.07, 6.45) is 0. The zero-order valence-electron chi connectivity index (χ0n) is 9.79. The van der Waals surface area contributed by atoms with Crippen molar-refractivity contribution in [2.24, 2.45) is 0 Å². The van der Waals surface area contributed by atoms with Crippen LogP contribution in [0.25, 0.3) is 11.1 Å². The summed E-state index contributed by atoms with van der Waals surface area (Å²) >= 11 is 0. The molecule has 0 saturated heterocycles. The highest BCUT2D eigenvalue weighted by atomic mass is 19.1. The summed E-state index contributed by atoms with van der Waals surface area (Å²) in [5.74, 6) is -0.224. The van der Waals surface area contributed by atoms with Gasteiger partial charge in [0, 0.05) is 5.56 Å². The molecule has 0 atom stereocenters. The summed E-state index contributed by atoms with van der Waals surface area (Å²) in [7, 11) is 0. The fourth-order valence-corrected chi connectivity index (χ4v) is 1.87. The van der Waals surface area contributed by atoms with Crippen molar-refractivity contribution in [1.29, 1.82) is 5.26 Å². The smallest absolute Gasteiger partial charge is 0.131 e. The predicted molar refractivity (Wildman–Crippen MR) is 66.0 cm³/mol. The monoisotopic (exact) mass is 225 g/mol. The van der Waals surface area contributed by atoms with Crippen LogP contribution in [0, 0.1) is 31.0 Å². The maximum atomic E-state index is 13.8. The molecule has 0 fully saturated rings. The maximum absolute atomic E-state index is 13.8. The molecule has 2 heteroatoms. The Morgan fingerprint density at radius 1 is 1.00 bits per heavy atom. The average molecular weight is 225 g/mol. The van der Waals surface area contributed by atoms with Gasteiger partial charge in [0.15, 0.2) is 0 Å². The molecule has 1 nitrogen and oxygen atoms in total. The standard InChI is InChI=1S/C15H12FN/c1-10-3-5-14(15(16)7-10)13-6-4-12(9-17)8-11(13)2/h3-8H,1-2H3. The molecule has 84 valence electrons. The molecule has 0 radical (unpaired) electrons. The Morgan fingerprint density at radius 3 is 2.29 bits per heavy atom. The van der Waals surface area contributed by atoms with Crippen molar-refractivity contribution in [1.82, 2.24) is 0 Å². The third-order valence-corrected chi connectivity index (χ3v) is 2.77. The molecule has 17 heavy (non-hydrogen) atoms. The molecule has 0 amide bonds. The van der Waals surface area contributed by atoms with Gasteiger partial charge in [-0.3, -0.25) is 0 Å². The van der Waals surface area contributed by atoms with Crippen LogP contribution < -0.4 is 0 Å². The lowest BCUT2D eigenvalue weighted by molar-refractivity contribution is 0.630. The number of hydrogen-bond donors (Lipinski definition) is 0. The first-order chi connectivity index (χ1) is 8.11. The van der Waals surface area contributed by atoms with E-state index in [-0.39, 0.29) is 5.82 Å². The van der Waals surface area contributed by atoms with E-state index in [0.717, 1.165) is 16.7 Å². The Balaban J connectivity index is 2.58. The summed E-state index contributed by atoms with van der Waals surface area (Å²) in [6.45, 7) is 3.74. The molecule has 0 spiro atoms. The van der Waals surface area contributed by atoms with Gasteiger partial charge in [-0.1, -0.05) is 18.2 Å². The van der Waals surface area contributed by atoms with Gasteiger partial charge in [0.2, 0.25) is 0 Å². The Hall–Kier alpha value is -2.14. The molecule has 2 aromatic carbocycles. The molecule has 0 unspecified atom stereocenters. The van der Waals surface area contributed by atoms with E-state index in [0.29, 0.717) is 11.1 Å². The van der Waals surface area contributed by atoms with E-state index < -0.39 is 0 Å². The summed E-state index contributed by atoms with van der Waals surface area (Å²) in [5.41, 5.74) is 3.82. The average Bonchev–Trinajstić information content (AvgIpc) is 2.30. The van der Waals surface area contributed by atoms with Crippen molar-refractivity contribution < 1.29 is 4.39 Å². The van der Waals surface area contributed by atoms with Crippen LogP contribution in [0.5, 0.6) is 0 Å².